The third-order valence-corrected chi connectivity index (χ3v) is 6.65. The van der Waals surface area contributed by atoms with Gasteiger partial charge in [0, 0.05) is 23.5 Å². The highest BCUT2D eigenvalue weighted by Gasteiger charge is 2.36. The molecule has 0 saturated heterocycles. The van der Waals surface area contributed by atoms with Crippen LogP contribution in [0.25, 0.3) is 6.08 Å². The Morgan fingerprint density at radius 3 is 2.53 bits per heavy atom. The van der Waals surface area contributed by atoms with Crippen molar-refractivity contribution in [3.63, 3.8) is 0 Å². The maximum atomic E-state index is 12.8. The van der Waals surface area contributed by atoms with Gasteiger partial charge in [0.2, 0.25) is 0 Å². The van der Waals surface area contributed by atoms with Crippen LogP contribution in [0.5, 0.6) is 0 Å². The molecule has 1 atom stereocenters. The summed E-state index contributed by atoms with van der Waals surface area (Å²) in [5.74, 6) is 0.0328. The lowest BCUT2D eigenvalue weighted by atomic mass is 9.78. The fourth-order valence-corrected chi connectivity index (χ4v) is 4.77. The van der Waals surface area contributed by atoms with Crippen LogP contribution < -0.4 is 10.2 Å². The minimum atomic E-state index is -0.380. The van der Waals surface area contributed by atoms with Crippen molar-refractivity contribution in [1.29, 1.82) is 5.26 Å². The van der Waals surface area contributed by atoms with Crippen LogP contribution in [0.3, 0.4) is 0 Å². The molecule has 1 unspecified atom stereocenters. The van der Waals surface area contributed by atoms with Gasteiger partial charge in [0.1, 0.15) is 11.6 Å². The van der Waals surface area contributed by atoms with Gasteiger partial charge in [-0.05, 0) is 112 Å². The minimum absolute atomic E-state index is 0.107. The van der Waals surface area contributed by atoms with Crippen LogP contribution in [-0.4, -0.2) is 18.0 Å². The molecule has 4 nitrogen and oxygen atoms in total. The normalized spacial score (nSPS) is 17.5. The number of carbonyl (C=O) groups excluding carboxylic acids is 1. The van der Waals surface area contributed by atoms with Crippen molar-refractivity contribution in [3.05, 3.63) is 63.7 Å². The van der Waals surface area contributed by atoms with E-state index in [9.17, 15) is 10.1 Å². The summed E-state index contributed by atoms with van der Waals surface area (Å²) in [5.41, 5.74) is 7.76. The molecule has 1 aliphatic rings. The molecule has 0 saturated carbocycles. The first kappa shape index (κ1) is 23.6. The monoisotopic (exact) mass is 429 g/mol. The summed E-state index contributed by atoms with van der Waals surface area (Å²) in [4.78, 5) is 15.3. The molecule has 2 aromatic rings. The number of fused-ring (bicyclic) bond motifs is 1. The Labute approximate surface area is 192 Å². The third-order valence-electron chi connectivity index (χ3n) is 6.65. The fraction of sp³-hybridized carbons (Fsp3) is 0.429. The van der Waals surface area contributed by atoms with Crippen LogP contribution >= 0.6 is 0 Å². The number of anilines is 2. The van der Waals surface area contributed by atoms with Crippen molar-refractivity contribution in [1.82, 2.24) is 0 Å². The van der Waals surface area contributed by atoms with Gasteiger partial charge in [-0.2, -0.15) is 5.26 Å². The molecule has 1 heterocycles. The van der Waals surface area contributed by atoms with Crippen molar-refractivity contribution >= 4 is 23.4 Å². The molecule has 0 fully saturated rings. The first-order chi connectivity index (χ1) is 15.1. The number of rotatable bonds is 5. The lowest BCUT2D eigenvalue weighted by Crippen LogP contribution is -2.48. The van der Waals surface area contributed by atoms with Gasteiger partial charge in [-0.15, -0.1) is 0 Å². The molecule has 0 aliphatic carbocycles. The van der Waals surface area contributed by atoms with E-state index in [1.807, 2.05) is 32.0 Å². The average Bonchev–Trinajstić information content (AvgIpc) is 2.72. The summed E-state index contributed by atoms with van der Waals surface area (Å²) >= 11 is 0. The predicted octanol–water partition coefficient (Wildman–Crippen LogP) is 6.66. The van der Waals surface area contributed by atoms with Crippen LogP contribution in [0.15, 0.2) is 35.9 Å². The van der Waals surface area contributed by atoms with E-state index >= 15 is 0 Å². The van der Waals surface area contributed by atoms with Crippen LogP contribution in [0.1, 0.15) is 74.3 Å². The quantitative estimate of drug-likeness (QED) is 0.427. The van der Waals surface area contributed by atoms with E-state index < -0.39 is 0 Å². The summed E-state index contributed by atoms with van der Waals surface area (Å²) in [6.45, 7) is 16.2. The van der Waals surface area contributed by atoms with E-state index in [4.69, 9.17) is 0 Å². The first-order valence-corrected chi connectivity index (χ1v) is 11.5. The average molecular weight is 430 g/mol. The van der Waals surface area contributed by atoms with E-state index in [-0.39, 0.29) is 17.0 Å². The molecule has 0 radical (unpaired) electrons. The minimum Gasteiger partial charge on any atom is -0.366 e. The van der Waals surface area contributed by atoms with E-state index in [0.717, 1.165) is 41.6 Å². The highest BCUT2D eigenvalue weighted by molar-refractivity contribution is 6.09. The van der Waals surface area contributed by atoms with Crippen molar-refractivity contribution in [2.75, 3.05) is 16.8 Å². The molecule has 0 bridgehead atoms. The Hall–Kier alpha value is -3.06. The Balaban J connectivity index is 1.96. The molecule has 2 aromatic carbocycles. The lowest BCUT2D eigenvalue weighted by molar-refractivity contribution is -0.112. The van der Waals surface area contributed by atoms with Gasteiger partial charge >= 0.3 is 0 Å². The van der Waals surface area contributed by atoms with E-state index in [1.165, 1.54) is 11.3 Å². The standard InChI is InChI=1S/C28H35N3O/c1-8-11-31-26-13-20(4)22(15-25(26)21(5)16-28(31,6)7)14-23(17-29)27(32)30-24-10-9-18(2)19(3)12-24/h9-10,12-15,21H,8,11,16H2,1-7H3,(H,30,32)/b23-14+. The van der Waals surface area contributed by atoms with Gasteiger partial charge in [0.15, 0.2) is 0 Å². The second-order valence-corrected chi connectivity index (χ2v) is 9.76. The van der Waals surface area contributed by atoms with Crippen molar-refractivity contribution in [3.8, 4) is 6.07 Å². The van der Waals surface area contributed by atoms with Gasteiger partial charge in [-0.3, -0.25) is 4.79 Å². The summed E-state index contributed by atoms with van der Waals surface area (Å²) in [6, 6.07) is 12.3. The van der Waals surface area contributed by atoms with Crippen molar-refractivity contribution in [2.45, 2.75) is 72.8 Å². The van der Waals surface area contributed by atoms with E-state index in [0.29, 0.717) is 11.6 Å². The first-order valence-electron chi connectivity index (χ1n) is 11.5. The molecule has 0 spiro atoms. The number of carbonyl (C=O) groups is 1. The number of nitrogens with one attached hydrogen (secondary N) is 1. The third kappa shape index (κ3) is 4.72. The molecule has 3 rings (SSSR count). The summed E-state index contributed by atoms with van der Waals surface area (Å²) < 4.78 is 0. The zero-order valence-electron chi connectivity index (χ0n) is 20.5. The molecule has 1 N–H and O–H groups in total. The van der Waals surface area contributed by atoms with Crippen LogP contribution in [0, 0.1) is 32.1 Å². The summed E-state index contributed by atoms with van der Waals surface area (Å²) in [5, 5.41) is 12.6. The molecule has 0 aromatic heterocycles. The molecular weight excluding hydrogens is 394 g/mol. The molecule has 1 aliphatic heterocycles. The molecule has 32 heavy (non-hydrogen) atoms. The lowest BCUT2D eigenvalue weighted by Gasteiger charge is -2.48. The predicted molar refractivity (Wildman–Crippen MR) is 134 cm³/mol. The summed E-state index contributed by atoms with van der Waals surface area (Å²) in [7, 11) is 0. The van der Waals surface area contributed by atoms with E-state index in [1.54, 1.807) is 6.08 Å². The zero-order chi connectivity index (χ0) is 23.6. The van der Waals surface area contributed by atoms with Gasteiger partial charge in [-0.1, -0.05) is 19.9 Å². The number of hydrogen-bond donors (Lipinski definition) is 1. The van der Waals surface area contributed by atoms with Gasteiger partial charge in [0.05, 0.1) is 0 Å². The van der Waals surface area contributed by atoms with Gasteiger partial charge in [-0.25, -0.2) is 0 Å². The van der Waals surface area contributed by atoms with Crippen molar-refractivity contribution in [2.24, 2.45) is 0 Å². The molecular formula is C28H35N3O. The Bertz CT molecular complexity index is 1100. The van der Waals surface area contributed by atoms with Crippen LogP contribution in [-0.2, 0) is 4.79 Å². The Morgan fingerprint density at radius 1 is 1.19 bits per heavy atom. The molecule has 4 heteroatoms. The Kier molecular flexibility index (Phi) is 6.79. The van der Waals surface area contributed by atoms with Crippen molar-refractivity contribution < 1.29 is 4.79 Å². The number of aryl methyl sites for hydroxylation is 3. The number of nitrogens with zero attached hydrogens (tertiary/aromatic N) is 2. The zero-order valence-corrected chi connectivity index (χ0v) is 20.5. The van der Waals surface area contributed by atoms with Gasteiger partial charge < -0.3 is 10.2 Å². The smallest absolute Gasteiger partial charge is 0.266 e. The van der Waals surface area contributed by atoms with Gasteiger partial charge in [0.25, 0.3) is 5.91 Å². The topological polar surface area (TPSA) is 56.1 Å². The number of amides is 1. The van der Waals surface area contributed by atoms with E-state index in [2.05, 4.69) is 63.0 Å². The highest BCUT2D eigenvalue weighted by Crippen LogP contribution is 2.44. The Morgan fingerprint density at radius 2 is 1.91 bits per heavy atom. The maximum absolute atomic E-state index is 12.8. The largest absolute Gasteiger partial charge is 0.366 e. The summed E-state index contributed by atoms with van der Waals surface area (Å²) in [6.07, 6.45) is 3.89. The maximum Gasteiger partial charge on any atom is 0.266 e. The SMILES string of the molecule is CCCN1c2cc(C)c(/C=C(\C#N)C(=O)Nc3ccc(C)c(C)c3)cc2C(C)CC1(C)C. The number of benzene rings is 2. The van der Waals surface area contributed by atoms with Crippen LogP contribution in [0.2, 0.25) is 0 Å². The molecule has 168 valence electrons. The highest BCUT2D eigenvalue weighted by atomic mass is 16.1. The molecule has 1 amide bonds. The number of nitriles is 1. The second-order valence-electron chi connectivity index (χ2n) is 9.76. The second kappa shape index (κ2) is 9.20. The van der Waals surface area contributed by atoms with Crippen LogP contribution in [0.4, 0.5) is 11.4 Å². The number of hydrogen-bond acceptors (Lipinski definition) is 3. The fourth-order valence-electron chi connectivity index (χ4n) is 4.77.